The molecule has 0 radical (unpaired) electrons. The molecule has 0 heterocycles. The van der Waals surface area contributed by atoms with Crippen molar-refractivity contribution in [2.75, 3.05) is 20.7 Å². The summed E-state index contributed by atoms with van der Waals surface area (Å²) >= 11 is 0. The fraction of sp³-hybridized carbons (Fsp3) is 0.571. The third-order valence-electron chi connectivity index (χ3n) is 2.97. The number of ether oxygens (including phenoxy) is 1. The van der Waals surface area contributed by atoms with Crippen LogP contribution in [0.4, 0.5) is 8.78 Å². The molecule has 1 N–H and O–H groups in total. The van der Waals surface area contributed by atoms with Crippen LogP contribution in [0.25, 0.3) is 0 Å². The molecule has 0 spiro atoms. The molecule has 4 heteroatoms. The van der Waals surface area contributed by atoms with Crippen molar-refractivity contribution in [3.05, 3.63) is 29.3 Å². The van der Waals surface area contributed by atoms with E-state index in [1.165, 1.54) is 7.11 Å². The Balaban J connectivity index is 3.14. The standard InChI is InChI=1S/C14H21F2NO/c1-10(2)11-5-6-13(18-4)12(9-11)14(15,16)7-8-17-3/h5-6,9-10,17H,7-8H2,1-4H3. The summed E-state index contributed by atoms with van der Waals surface area (Å²) in [7, 11) is 3.08. The zero-order valence-corrected chi connectivity index (χ0v) is 11.4. The second-order valence-electron chi connectivity index (χ2n) is 4.67. The molecule has 0 saturated carbocycles. The molecule has 0 aliphatic rings. The van der Waals surface area contributed by atoms with Gasteiger partial charge in [0.15, 0.2) is 0 Å². The first-order valence-electron chi connectivity index (χ1n) is 6.13. The SMILES string of the molecule is CNCCC(F)(F)c1cc(C(C)C)ccc1OC. The monoisotopic (exact) mass is 257 g/mol. The van der Waals surface area contributed by atoms with Crippen LogP contribution in [0.15, 0.2) is 18.2 Å². The predicted octanol–water partition coefficient (Wildman–Crippen LogP) is 3.52. The van der Waals surface area contributed by atoms with Gasteiger partial charge in [-0.15, -0.1) is 0 Å². The summed E-state index contributed by atoms with van der Waals surface area (Å²) in [6.45, 7) is 4.23. The van der Waals surface area contributed by atoms with E-state index in [9.17, 15) is 8.78 Å². The number of rotatable bonds is 6. The first-order valence-corrected chi connectivity index (χ1v) is 6.13. The number of hydrogen-bond acceptors (Lipinski definition) is 2. The van der Waals surface area contributed by atoms with Crippen LogP contribution in [-0.2, 0) is 5.92 Å². The first kappa shape index (κ1) is 14.9. The lowest BCUT2D eigenvalue weighted by molar-refractivity contribution is -0.0145. The van der Waals surface area contributed by atoms with Crippen LogP contribution in [-0.4, -0.2) is 20.7 Å². The quantitative estimate of drug-likeness (QED) is 0.842. The number of nitrogens with one attached hydrogen (secondary N) is 1. The van der Waals surface area contributed by atoms with Gasteiger partial charge in [-0.1, -0.05) is 19.9 Å². The molecule has 0 bridgehead atoms. The van der Waals surface area contributed by atoms with Gasteiger partial charge in [0.2, 0.25) is 0 Å². The van der Waals surface area contributed by atoms with Crippen LogP contribution in [0, 0.1) is 0 Å². The van der Waals surface area contributed by atoms with Crippen molar-refractivity contribution >= 4 is 0 Å². The summed E-state index contributed by atoms with van der Waals surface area (Å²) < 4.78 is 33.3. The molecule has 0 atom stereocenters. The third-order valence-corrected chi connectivity index (χ3v) is 2.97. The van der Waals surface area contributed by atoms with Crippen molar-refractivity contribution in [1.82, 2.24) is 5.32 Å². The van der Waals surface area contributed by atoms with Gasteiger partial charge in [0.1, 0.15) is 5.75 Å². The van der Waals surface area contributed by atoms with Gasteiger partial charge in [0, 0.05) is 13.0 Å². The highest BCUT2D eigenvalue weighted by Gasteiger charge is 2.34. The van der Waals surface area contributed by atoms with Gasteiger partial charge < -0.3 is 10.1 Å². The largest absolute Gasteiger partial charge is 0.496 e. The van der Waals surface area contributed by atoms with E-state index in [1.54, 1.807) is 19.2 Å². The molecule has 2 nitrogen and oxygen atoms in total. The molecule has 0 amide bonds. The molecule has 0 unspecified atom stereocenters. The average Bonchev–Trinajstić information content (AvgIpc) is 2.35. The maximum Gasteiger partial charge on any atom is 0.278 e. The molecule has 0 aliphatic carbocycles. The van der Waals surface area contributed by atoms with Crippen molar-refractivity contribution in [2.45, 2.75) is 32.1 Å². The Bertz CT molecular complexity index is 391. The summed E-state index contributed by atoms with van der Waals surface area (Å²) in [6, 6.07) is 5.01. The summed E-state index contributed by atoms with van der Waals surface area (Å²) in [6.07, 6.45) is -0.235. The van der Waals surface area contributed by atoms with Crippen molar-refractivity contribution < 1.29 is 13.5 Å². The zero-order valence-electron chi connectivity index (χ0n) is 11.4. The highest BCUT2D eigenvalue weighted by Crippen LogP contribution is 2.38. The number of benzene rings is 1. The number of methoxy groups -OCH3 is 1. The molecule has 1 rings (SSSR count). The molecular formula is C14H21F2NO. The average molecular weight is 257 g/mol. The molecule has 18 heavy (non-hydrogen) atoms. The minimum atomic E-state index is -2.88. The Labute approximate surface area is 107 Å². The van der Waals surface area contributed by atoms with E-state index in [0.29, 0.717) is 0 Å². The van der Waals surface area contributed by atoms with E-state index in [0.717, 1.165) is 5.56 Å². The number of hydrogen-bond donors (Lipinski definition) is 1. The second-order valence-corrected chi connectivity index (χ2v) is 4.67. The van der Waals surface area contributed by atoms with Crippen LogP contribution >= 0.6 is 0 Å². The molecule has 1 aromatic carbocycles. The van der Waals surface area contributed by atoms with Gasteiger partial charge in [0.25, 0.3) is 5.92 Å². The van der Waals surface area contributed by atoms with Gasteiger partial charge in [-0.2, -0.15) is 0 Å². The first-order chi connectivity index (χ1) is 8.42. The van der Waals surface area contributed by atoms with E-state index in [4.69, 9.17) is 4.74 Å². The predicted molar refractivity (Wildman–Crippen MR) is 69.5 cm³/mol. The normalized spacial score (nSPS) is 11.9. The van der Waals surface area contributed by atoms with Crippen LogP contribution in [0.3, 0.4) is 0 Å². The molecule has 0 fully saturated rings. The lowest BCUT2D eigenvalue weighted by Gasteiger charge is -2.21. The van der Waals surface area contributed by atoms with E-state index in [2.05, 4.69) is 5.32 Å². The van der Waals surface area contributed by atoms with Crippen LogP contribution in [0.5, 0.6) is 5.75 Å². The second kappa shape index (κ2) is 6.14. The van der Waals surface area contributed by atoms with Crippen molar-refractivity contribution in [3.8, 4) is 5.75 Å². The van der Waals surface area contributed by atoms with E-state index in [1.807, 2.05) is 19.9 Å². The minimum absolute atomic E-state index is 0.0218. The maximum absolute atomic E-state index is 14.1. The Hall–Kier alpha value is -1.16. The minimum Gasteiger partial charge on any atom is -0.496 e. The Morgan fingerprint density at radius 1 is 1.33 bits per heavy atom. The lowest BCUT2D eigenvalue weighted by atomic mass is 9.96. The van der Waals surface area contributed by atoms with Crippen molar-refractivity contribution in [3.63, 3.8) is 0 Å². The van der Waals surface area contributed by atoms with Gasteiger partial charge in [0.05, 0.1) is 12.7 Å². The lowest BCUT2D eigenvalue weighted by Crippen LogP contribution is -2.21. The Kier molecular flexibility index (Phi) is 5.08. The fourth-order valence-electron chi connectivity index (χ4n) is 1.79. The maximum atomic E-state index is 14.1. The van der Waals surface area contributed by atoms with Gasteiger partial charge >= 0.3 is 0 Å². The van der Waals surface area contributed by atoms with Crippen molar-refractivity contribution in [1.29, 1.82) is 0 Å². The summed E-state index contributed by atoms with van der Waals surface area (Å²) in [5.41, 5.74) is 0.876. The fourth-order valence-corrected chi connectivity index (χ4v) is 1.79. The van der Waals surface area contributed by atoms with Crippen LogP contribution < -0.4 is 10.1 Å². The van der Waals surface area contributed by atoms with E-state index >= 15 is 0 Å². The zero-order chi connectivity index (χ0) is 13.8. The summed E-state index contributed by atoms with van der Waals surface area (Å²) in [5.74, 6) is -2.41. The van der Waals surface area contributed by atoms with E-state index in [-0.39, 0.29) is 30.2 Å². The molecule has 1 aromatic rings. The molecular weight excluding hydrogens is 236 g/mol. The third kappa shape index (κ3) is 3.42. The van der Waals surface area contributed by atoms with Crippen LogP contribution in [0.1, 0.15) is 37.3 Å². The smallest absolute Gasteiger partial charge is 0.278 e. The van der Waals surface area contributed by atoms with Crippen LogP contribution in [0.2, 0.25) is 0 Å². The topological polar surface area (TPSA) is 21.3 Å². The van der Waals surface area contributed by atoms with E-state index < -0.39 is 5.92 Å². The van der Waals surface area contributed by atoms with Gasteiger partial charge in [-0.3, -0.25) is 0 Å². The molecule has 0 saturated heterocycles. The highest BCUT2D eigenvalue weighted by atomic mass is 19.3. The van der Waals surface area contributed by atoms with Crippen molar-refractivity contribution in [2.24, 2.45) is 0 Å². The van der Waals surface area contributed by atoms with Gasteiger partial charge in [-0.05, 0) is 30.7 Å². The van der Waals surface area contributed by atoms with Gasteiger partial charge in [-0.25, -0.2) is 8.78 Å². The molecule has 0 aromatic heterocycles. The number of halogens is 2. The Morgan fingerprint density at radius 3 is 2.50 bits per heavy atom. The molecule has 0 aliphatic heterocycles. The summed E-state index contributed by atoms with van der Waals surface area (Å²) in [5, 5.41) is 2.75. The summed E-state index contributed by atoms with van der Waals surface area (Å²) in [4.78, 5) is 0. The molecule has 102 valence electrons. The number of alkyl halides is 2. The Morgan fingerprint density at radius 2 is 2.00 bits per heavy atom. The highest BCUT2D eigenvalue weighted by molar-refractivity contribution is 5.41.